The number of aromatic nitrogens is 2. The molecular weight excluding hydrogens is 264 g/mol. The lowest BCUT2D eigenvalue weighted by Crippen LogP contribution is -2.22. The van der Waals surface area contributed by atoms with Gasteiger partial charge in [0.25, 0.3) is 0 Å². The fraction of sp³-hybridized carbons (Fsp3) is 0.154. The van der Waals surface area contributed by atoms with Crippen LogP contribution < -0.4 is 4.74 Å². The summed E-state index contributed by atoms with van der Waals surface area (Å²) in [5.41, 5.74) is -0.313. The molecule has 7 heteroatoms. The Labute approximate surface area is 113 Å². The number of aromatic hydroxyl groups is 2. The Bertz CT molecular complexity index is 776. The van der Waals surface area contributed by atoms with Crippen molar-refractivity contribution in [3.05, 3.63) is 34.6 Å². The number of benzene rings is 1. The van der Waals surface area contributed by atoms with E-state index in [0.29, 0.717) is 0 Å². The summed E-state index contributed by atoms with van der Waals surface area (Å²) in [6.45, 7) is 0. The van der Waals surface area contributed by atoms with Crippen molar-refractivity contribution in [2.75, 3.05) is 7.11 Å². The van der Waals surface area contributed by atoms with Crippen LogP contribution in [0.1, 0.15) is 32.0 Å². The van der Waals surface area contributed by atoms with Crippen molar-refractivity contribution in [3.8, 4) is 17.2 Å². The first-order chi connectivity index (χ1) is 9.47. The second-order valence-corrected chi connectivity index (χ2v) is 4.39. The highest BCUT2D eigenvalue weighted by molar-refractivity contribution is 6.29. The number of carbonyl (C=O) groups excluding carboxylic acids is 2. The van der Waals surface area contributed by atoms with Crippen molar-refractivity contribution in [2.45, 2.75) is 0 Å². The van der Waals surface area contributed by atoms with Crippen LogP contribution in [0.4, 0.5) is 0 Å². The van der Waals surface area contributed by atoms with Gasteiger partial charge in [-0.2, -0.15) is 5.10 Å². The molecule has 1 aliphatic carbocycles. The fourth-order valence-corrected chi connectivity index (χ4v) is 2.37. The number of methoxy groups -OCH3 is 1. The molecule has 0 bridgehead atoms. The zero-order chi connectivity index (χ0) is 14.6. The number of carbonyl (C=O) groups is 2. The van der Waals surface area contributed by atoms with Crippen molar-refractivity contribution in [1.29, 1.82) is 0 Å². The van der Waals surface area contributed by atoms with Crippen LogP contribution in [0.2, 0.25) is 0 Å². The lowest BCUT2D eigenvalue weighted by atomic mass is 9.86. The van der Waals surface area contributed by atoms with Gasteiger partial charge in [-0.15, -0.1) is 0 Å². The van der Waals surface area contributed by atoms with Crippen LogP contribution in [-0.2, 0) is 7.05 Å². The van der Waals surface area contributed by atoms with E-state index in [4.69, 9.17) is 4.74 Å². The summed E-state index contributed by atoms with van der Waals surface area (Å²) in [6, 6.07) is 1.10. The summed E-state index contributed by atoms with van der Waals surface area (Å²) >= 11 is 0. The van der Waals surface area contributed by atoms with Crippen molar-refractivity contribution in [1.82, 2.24) is 9.78 Å². The predicted molar refractivity (Wildman–Crippen MR) is 66.4 cm³/mol. The van der Waals surface area contributed by atoms with Crippen molar-refractivity contribution in [3.63, 3.8) is 0 Å². The van der Waals surface area contributed by atoms with E-state index in [1.54, 1.807) is 0 Å². The molecule has 20 heavy (non-hydrogen) atoms. The van der Waals surface area contributed by atoms with E-state index in [0.717, 1.165) is 6.07 Å². The highest BCUT2D eigenvalue weighted by Crippen LogP contribution is 2.43. The maximum absolute atomic E-state index is 12.4. The van der Waals surface area contributed by atoms with Crippen LogP contribution in [0.3, 0.4) is 0 Å². The highest BCUT2D eigenvalue weighted by Gasteiger charge is 2.38. The van der Waals surface area contributed by atoms with Crippen LogP contribution >= 0.6 is 0 Å². The van der Waals surface area contributed by atoms with Gasteiger partial charge >= 0.3 is 0 Å². The number of hydrogen-bond donors (Lipinski definition) is 2. The second-order valence-electron chi connectivity index (χ2n) is 4.39. The maximum Gasteiger partial charge on any atom is 0.216 e. The van der Waals surface area contributed by atoms with Crippen LogP contribution in [-0.4, -0.2) is 38.7 Å². The van der Waals surface area contributed by atoms with Crippen molar-refractivity contribution < 1.29 is 24.5 Å². The molecule has 0 atom stereocenters. The molecule has 1 heterocycles. The Morgan fingerprint density at radius 3 is 2.55 bits per heavy atom. The molecule has 2 N–H and O–H groups in total. The quantitative estimate of drug-likeness (QED) is 0.630. The molecule has 0 fully saturated rings. The van der Waals surface area contributed by atoms with E-state index in [1.807, 2.05) is 0 Å². The first-order valence-corrected chi connectivity index (χ1v) is 5.71. The third-order valence-corrected chi connectivity index (χ3v) is 3.32. The monoisotopic (exact) mass is 274 g/mol. The maximum atomic E-state index is 12.4. The molecule has 0 amide bonds. The Morgan fingerprint density at radius 1 is 1.20 bits per heavy atom. The molecule has 0 radical (unpaired) electrons. The van der Waals surface area contributed by atoms with Gasteiger partial charge in [-0.1, -0.05) is 0 Å². The predicted octanol–water partition coefficient (Wildman–Crippen LogP) is 0.615. The average molecular weight is 274 g/mol. The average Bonchev–Trinajstić information content (AvgIpc) is 2.80. The highest BCUT2D eigenvalue weighted by atomic mass is 16.5. The van der Waals surface area contributed by atoms with Gasteiger partial charge in [-0.25, -0.2) is 0 Å². The Hall–Kier alpha value is -2.83. The molecule has 1 aromatic heterocycles. The topological polar surface area (TPSA) is 102 Å². The smallest absolute Gasteiger partial charge is 0.216 e. The van der Waals surface area contributed by atoms with E-state index < -0.39 is 23.1 Å². The zero-order valence-electron chi connectivity index (χ0n) is 10.7. The number of hydrogen-bond acceptors (Lipinski definition) is 6. The van der Waals surface area contributed by atoms with Gasteiger partial charge in [0.15, 0.2) is 11.5 Å². The standard InChI is InChI=1S/C13H10N2O5/c1-15-10-5(4-14-15)11(17)8-6(16)3-7(20-2)12(18)9(8)13(10)19/h3-4,16,18H,1-2H3. The molecule has 0 spiro atoms. The number of ether oxygens (including phenoxy) is 1. The van der Waals surface area contributed by atoms with Crippen LogP contribution in [0.25, 0.3) is 0 Å². The van der Waals surface area contributed by atoms with Crippen molar-refractivity contribution in [2.24, 2.45) is 7.05 Å². The Kier molecular flexibility index (Phi) is 2.34. The number of nitrogens with zero attached hydrogens (tertiary/aromatic N) is 2. The fourth-order valence-electron chi connectivity index (χ4n) is 2.37. The van der Waals surface area contributed by atoms with Gasteiger partial charge < -0.3 is 14.9 Å². The first-order valence-electron chi connectivity index (χ1n) is 5.71. The van der Waals surface area contributed by atoms with Crippen LogP contribution in [0.15, 0.2) is 12.3 Å². The minimum atomic E-state index is -0.582. The minimum Gasteiger partial charge on any atom is -0.507 e. The summed E-state index contributed by atoms with van der Waals surface area (Å²) in [7, 11) is 2.80. The SMILES string of the molecule is COc1cc(O)c2c(c1O)C(=O)c1c(cnn1C)C2=O. The van der Waals surface area contributed by atoms with Gasteiger partial charge in [0.2, 0.25) is 11.6 Å². The van der Waals surface area contributed by atoms with E-state index in [-0.39, 0.29) is 28.1 Å². The van der Waals surface area contributed by atoms with Gasteiger partial charge in [0.05, 0.1) is 30.0 Å². The molecule has 7 nitrogen and oxygen atoms in total. The normalized spacial score (nSPS) is 13.1. The summed E-state index contributed by atoms with van der Waals surface area (Å²) in [5.74, 6) is -2.10. The van der Waals surface area contributed by atoms with E-state index in [1.165, 1.54) is 25.0 Å². The number of fused-ring (bicyclic) bond motifs is 2. The number of rotatable bonds is 1. The Balaban J connectivity index is 2.40. The zero-order valence-corrected chi connectivity index (χ0v) is 10.7. The minimum absolute atomic E-state index is 0.0745. The summed E-state index contributed by atoms with van der Waals surface area (Å²) in [6.07, 6.45) is 1.26. The molecule has 3 rings (SSSR count). The lowest BCUT2D eigenvalue weighted by molar-refractivity contribution is 0.0968. The van der Waals surface area contributed by atoms with E-state index in [2.05, 4.69) is 5.10 Å². The molecule has 2 aromatic rings. The van der Waals surface area contributed by atoms with Gasteiger partial charge in [0, 0.05) is 13.1 Å². The van der Waals surface area contributed by atoms with Gasteiger partial charge in [-0.05, 0) is 0 Å². The molecule has 0 saturated heterocycles. The number of phenols is 2. The molecule has 0 aliphatic heterocycles. The first kappa shape index (κ1) is 12.2. The van der Waals surface area contributed by atoms with Gasteiger partial charge in [0.1, 0.15) is 11.4 Å². The van der Waals surface area contributed by atoms with Crippen LogP contribution in [0.5, 0.6) is 17.2 Å². The number of aryl methyl sites for hydroxylation is 1. The van der Waals surface area contributed by atoms with Gasteiger partial charge in [-0.3, -0.25) is 14.3 Å². The Morgan fingerprint density at radius 2 is 1.90 bits per heavy atom. The molecular formula is C13H10N2O5. The van der Waals surface area contributed by atoms with E-state index in [9.17, 15) is 19.8 Å². The molecule has 1 aromatic carbocycles. The summed E-state index contributed by atoms with van der Waals surface area (Å²) in [4.78, 5) is 24.8. The summed E-state index contributed by atoms with van der Waals surface area (Å²) < 4.78 is 6.14. The largest absolute Gasteiger partial charge is 0.507 e. The molecule has 0 saturated carbocycles. The third-order valence-electron chi connectivity index (χ3n) is 3.32. The second kappa shape index (κ2) is 3.83. The molecule has 0 unspecified atom stereocenters. The molecule has 102 valence electrons. The lowest BCUT2D eigenvalue weighted by Gasteiger charge is -2.18. The summed E-state index contributed by atoms with van der Waals surface area (Å²) in [5, 5.41) is 23.8. The number of phenolic OH excluding ortho intramolecular Hbond substituents is 2. The van der Waals surface area contributed by atoms with Crippen LogP contribution in [0, 0.1) is 0 Å². The molecule has 1 aliphatic rings. The van der Waals surface area contributed by atoms with Crippen molar-refractivity contribution >= 4 is 11.6 Å². The number of ketones is 2. The van der Waals surface area contributed by atoms with E-state index >= 15 is 0 Å². The third kappa shape index (κ3) is 1.31.